The number of fused-ring (bicyclic) bond motifs is 2. The number of amides is 4. The van der Waals surface area contributed by atoms with E-state index in [1.807, 2.05) is 20.8 Å². The summed E-state index contributed by atoms with van der Waals surface area (Å²) >= 11 is 0. The van der Waals surface area contributed by atoms with E-state index >= 15 is 0 Å². The lowest BCUT2D eigenvalue weighted by Crippen LogP contribution is -2.50. The van der Waals surface area contributed by atoms with E-state index in [0.717, 1.165) is 0 Å². The van der Waals surface area contributed by atoms with Crippen LogP contribution in [0.15, 0.2) is 0 Å². The van der Waals surface area contributed by atoms with Crippen molar-refractivity contribution in [2.45, 2.75) is 70.2 Å². The minimum Gasteiger partial charge on any atom is -0.444 e. The van der Waals surface area contributed by atoms with Crippen molar-refractivity contribution in [1.29, 1.82) is 0 Å². The summed E-state index contributed by atoms with van der Waals surface area (Å²) in [6.07, 6.45) is 1.55. The Hall–Kier alpha value is -2.20. The molecular formula is C19H32N4O10S. The SMILES string of the molecule is CC(C)(C)OC(=O)N1CCC(OCCONC(=O)[C@@H]2CC[C@@H]3CN2C(=O)N3OS(=O)(=O)O)CC1. The number of carbonyl (C=O) groups excluding carboxylic acids is 3. The van der Waals surface area contributed by atoms with Crippen LogP contribution in [0.3, 0.4) is 0 Å². The van der Waals surface area contributed by atoms with Gasteiger partial charge >= 0.3 is 22.5 Å². The van der Waals surface area contributed by atoms with Gasteiger partial charge in [0.25, 0.3) is 5.91 Å². The zero-order chi connectivity index (χ0) is 25.1. The van der Waals surface area contributed by atoms with Crippen LogP contribution in [-0.4, -0.2) is 103 Å². The van der Waals surface area contributed by atoms with E-state index in [1.165, 1.54) is 4.90 Å². The third kappa shape index (κ3) is 7.15. The molecule has 0 aromatic rings. The Morgan fingerprint density at radius 3 is 2.41 bits per heavy atom. The molecule has 0 aromatic heterocycles. The van der Waals surface area contributed by atoms with Crippen LogP contribution in [0.25, 0.3) is 0 Å². The second kappa shape index (κ2) is 10.6. The van der Waals surface area contributed by atoms with Crippen LogP contribution in [0.4, 0.5) is 9.59 Å². The molecule has 14 nitrogen and oxygen atoms in total. The van der Waals surface area contributed by atoms with E-state index < -0.39 is 40.0 Å². The highest BCUT2D eigenvalue weighted by molar-refractivity contribution is 7.80. The monoisotopic (exact) mass is 508 g/mol. The van der Waals surface area contributed by atoms with Crippen molar-refractivity contribution in [3.05, 3.63) is 0 Å². The Labute approximate surface area is 198 Å². The van der Waals surface area contributed by atoms with Crippen molar-refractivity contribution in [3.63, 3.8) is 0 Å². The summed E-state index contributed by atoms with van der Waals surface area (Å²) in [5, 5.41) is 0.575. The van der Waals surface area contributed by atoms with Crippen LogP contribution in [0, 0.1) is 0 Å². The molecule has 0 unspecified atom stereocenters. The molecule has 3 heterocycles. The zero-order valence-corrected chi connectivity index (χ0v) is 20.3. The Morgan fingerprint density at radius 1 is 1.12 bits per heavy atom. The molecule has 0 radical (unpaired) electrons. The molecule has 194 valence electrons. The highest BCUT2D eigenvalue weighted by Gasteiger charge is 2.49. The Bertz CT molecular complexity index is 869. The first-order chi connectivity index (χ1) is 15.8. The van der Waals surface area contributed by atoms with Gasteiger partial charge in [-0.2, -0.15) is 13.5 Å². The second-order valence-corrected chi connectivity index (χ2v) is 10.4. The molecule has 15 heteroatoms. The van der Waals surface area contributed by atoms with Gasteiger partial charge in [-0.25, -0.2) is 15.1 Å². The van der Waals surface area contributed by atoms with Crippen molar-refractivity contribution < 1.29 is 45.9 Å². The standard InChI is InChI=1S/C19H32N4O10S/c1-19(2,3)32-18(26)21-8-6-14(7-9-21)30-10-11-31-20-16(24)15-5-4-13-12-22(15)17(25)23(13)33-34(27,28)29/h13-15H,4-12H2,1-3H3,(H,20,24)(H,27,28,29)/t13-,15+/m1/s1. The smallest absolute Gasteiger partial charge is 0.418 e. The van der Waals surface area contributed by atoms with Crippen LogP contribution < -0.4 is 5.48 Å². The van der Waals surface area contributed by atoms with Crippen LogP contribution >= 0.6 is 0 Å². The average molecular weight is 509 g/mol. The van der Waals surface area contributed by atoms with Crippen LogP contribution in [0.5, 0.6) is 0 Å². The van der Waals surface area contributed by atoms with E-state index in [2.05, 4.69) is 9.76 Å². The minimum absolute atomic E-state index is 0.0377. The summed E-state index contributed by atoms with van der Waals surface area (Å²) in [5.41, 5.74) is 1.75. The summed E-state index contributed by atoms with van der Waals surface area (Å²) in [6.45, 7) is 6.92. The second-order valence-electron chi connectivity index (χ2n) is 9.36. The maximum Gasteiger partial charge on any atom is 0.418 e. The lowest BCUT2D eigenvalue weighted by molar-refractivity contribution is -0.140. The highest BCUT2D eigenvalue weighted by atomic mass is 32.3. The van der Waals surface area contributed by atoms with Gasteiger partial charge < -0.3 is 19.3 Å². The van der Waals surface area contributed by atoms with Crippen LogP contribution in [-0.2, 0) is 33.8 Å². The first-order valence-corrected chi connectivity index (χ1v) is 12.5. The molecule has 2 bridgehead atoms. The van der Waals surface area contributed by atoms with E-state index in [-0.39, 0.29) is 38.4 Å². The number of ether oxygens (including phenoxy) is 2. The fraction of sp³-hybridized carbons (Fsp3) is 0.842. The number of nitrogens with zero attached hydrogens (tertiary/aromatic N) is 3. The molecule has 2 atom stereocenters. The van der Waals surface area contributed by atoms with Gasteiger partial charge in [0.2, 0.25) is 0 Å². The summed E-state index contributed by atoms with van der Waals surface area (Å²) in [7, 11) is -4.85. The summed E-state index contributed by atoms with van der Waals surface area (Å²) in [4.78, 5) is 44.9. The quantitative estimate of drug-likeness (QED) is 0.267. The molecule has 34 heavy (non-hydrogen) atoms. The molecule has 0 aliphatic carbocycles. The molecule has 3 rings (SSSR count). The largest absolute Gasteiger partial charge is 0.444 e. The number of hydrogen-bond donors (Lipinski definition) is 2. The Kier molecular flexibility index (Phi) is 8.23. The van der Waals surface area contributed by atoms with Gasteiger partial charge in [0.15, 0.2) is 0 Å². The van der Waals surface area contributed by atoms with E-state index in [1.54, 1.807) is 4.90 Å². The van der Waals surface area contributed by atoms with E-state index in [9.17, 15) is 22.8 Å². The topological polar surface area (TPSA) is 164 Å². The summed E-state index contributed by atoms with van der Waals surface area (Å²) < 4.78 is 46.1. The van der Waals surface area contributed by atoms with Crippen LogP contribution in [0.2, 0.25) is 0 Å². The maximum atomic E-state index is 12.4. The highest BCUT2D eigenvalue weighted by Crippen LogP contribution is 2.30. The lowest BCUT2D eigenvalue weighted by atomic mass is 10.0. The molecule has 3 saturated heterocycles. The van der Waals surface area contributed by atoms with Crippen molar-refractivity contribution >= 4 is 28.4 Å². The van der Waals surface area contributed by atoms with Gasteiger partial charge in [-0.05, 0) is 46.5 Å². The minimum atomic E-state index is -4.85. The van der Waals surface area contributed by atoms with Crippen molar-refractivity contribution in [2.24, 2.45) is 0 Å². The molecule has 0 saturated carbocycles. The van der Waals surface area contributed by atoms with Gasteiger partial charge in [-0.1, -0.05) is 0 Å². The summed E-state index contributed by atoms with van der Waals surface area (Å²) in [5.74, 6) is -0.550. The molecule has 3 aliphatic heterocycles. The fourth-order valence-corrected chi connectivity index (χ4v) is 4.47. The number of piperidine rings is 2. The molecule has 3 aliphatic rings. The Balaban J connectivity index is 1.32. The third-order valence-corrected chi connectivity index (χ3v) is 5.95. The first kappa shape index (κ1) is 26.4. The number of rotatable bonds is 8. The predicted octanol–water partition coefficient (Wildman–Crippen LogP) is 0.453. The number of likely N-dealkylation sites (tertiary alicyclic amines) is 1. The number of hydroxylamine groups is 3. The third-order valence-electron chi connectivity index (χ3n) is 5.61. The normalized spacial score (nSPS) is 23.9. The molecule has 3 fully saturated rings. The van der Waals surface area contributed by atoms with Crippen molar-refractivity contribution in [3.8, 4) is 0 Å². The van der Waals surface area contributed by atoms with E-state index in [0.29, 0.717) is 37.4 Å². The predicted molar refractivity (Wildman–Crippen MR) is 114 cm³/mol. The zero-order valence-electron chi connectivity index (χ0n) is 19.5. The van der Waals surface area contributed by atoms with Gasteiger partial charge in [0.1, 0.15) is 11.6 Å². The van der Waals surface area contributed by atoms with Gasteiger partial charge in [-0.15, -0.1) is 4.28 Å². The first-order valence-electron chi connectivity index (χ1n) is 11.1. The summed E-state index contributed by atoms with van der Waals surface area (Å²) in [6, 6.07) is -2.24. The lowest BCUT2D eigenvalue weighted by Gasteiger charge is -2.33. The maximum absolute atomic E-state index is 12.4. The Morgan fingerprint density at radius 2 is 1.79 bits per heavy atom. The number of carbonyl (C=O) groups is 3. The van der Waals surface area contributed by atoms with Gasteiger partial charge in [0.05, 0.1) is 25.4 Å². The average Bonchev–Trinajstić information content (AvgIpc) is 2.96. The van der Waals surface area contributed by atoms with Crippen LogP contribution in [0.1, 0.15) is 46.5 Å². The van der Waals surface area contributed by atoms with Gasteiger partial charge in [-0.3, -0.25) is 14.2 Å². The molecule has 0 aromatic carbocycles. The number of hydrogen-bond acceptors (Lipinski definition) is 9. The molecule has 2 N–H and O–H groups in total. The van der Waals surface area contributed by atoms with Gasteiger partial charge in [0, 0.05) is 19.6 Å². The van der Waals surface area contributed by atoms with Crippen molar-refractivity contribution in [2.75, 3.05) is 32.8 Å². The van der Waals surface area contributed by atoms with E-state index in [4.69, 9.17) is 18.9 Å². The van der Waals surface area contributed by atoms with Crippen molar-refractivity contribution in [1.82, 2.24) is 20.3 Å². The number of nitrogens with one attached hydrogen (secondary N) is 1. The molecule has 4 amide bonds. The number of urea groups is 1. The fourth-order valence-electron chi connectivity index (χ4n) is 4.08. The molecular weight excluding hydrogens is 476 g/mol. The molecule has 0 spiro atoms.